The number of piperidine rings is 1. The number of ether oxygens (including phenoxy) is 1. The second-order valence-electron chi connectivity index (χ2n) is 5.28. The van der Waals surface area contributed by atoms with Crippen LogP contribution < -0.4 is 0 Å². The number of carbonyl (C=O) groups is 2. The molecule has 0 spiro atoms. The Bertz CT molecular complexity index is 326. The topological polar surface area (TPSA) is 66.8 Å². The summed E-state index contributed by atoms with van der Waals surface area (Å²) in [5.74, 6) is -0.869. The third-order valence-electron chi connectivity index (χ3n) is 2.48. The van der Waals surface area contributed by atoms with Crippen LogP contribution in [0.1, 0.15) is 33.6 Å². The average molecular weight is 355 g/mol. The van der Waals surface area contributed by atoms with Crippen LogP contribution in [0.2, 0.25) is 0 Å². The Balaban J connectivity index is 2.67. The number of rotatable bonds is 1. The van der Waals surface area contributed by atoms with E-state index in [1.54, 1.807) is 20.8 Å². The average Bonchev–Trinajstić information content (AvgIpc) is 2.15. The van der Waals surface area contributed by atoms with Crippen molar-refractivity contribution in [1.29, 1.82) is 0 Å². The molecule has 1 rings (SSSR count). The molecule has 1 amide bonds. The zero-order valence-corrected chi connectivity index (χ0v) is 12.5. The SMILES string of the molecule is CC(C)(C)OC(=O)N1CCCC(I)(C(=O)O)C1. The lowest BCUT2D eigenvalue weighted by atomic mass is 9.98. The van der Waals surface area contributed by atoms with Gasteiger partial charge in [0.1, 0.15) is 9.02 Å². The summed E-state index contributed by atoms with van der Waals surface area (Å²) in [6.07, 6.45) is 0.843. The first-order valence-corrected chi connectivity index (χ1v) is 6.62. The molecule has 0 aromatic carbocycles. The molecule has 0 radical (unpaired) electrons. The minimum absolute atomic E-state index is 0.206. The number of amides is 1. The Labute approximate surface area is 115 Å². The lowest BCUT2D eigenvalue weighted by Crippen LogP contribution is -2.52. The zero-order chi connectivity index (χ0) is 13.3. The van der Waals surface area contributed by atoms with Crippen LogP contribution in [-0.2, 0) is 9.53 Å². The number of hydrogen-bond acceptors (Lipinski definition) is 3. The lowest BCUT2D eigenvalue weighted by Gasteiger charge is -2.36. The number of likely N-dealkylation sites (tertiary alicyclic amines) is 1. The van der Waals surface area contributed by atoms with E-state index in [0.29, 0.717) is 19.4 Å². The smallest absolute Gasteiger partial charge is 0.410 e. The van der Waals surface area contributed by atoms with Crippen LogP contribution in [0, 0.1) is 0 Å². The van der Waals surface area contributed by atoms with Gasteiger partial charge in [-0.2, -0.15) is 0 Å². The molecule has 1 N–H and O–H groups in total. The predicted molar refractivity (Wildman–Crippen MR) is 71.4 cm³/mol. The number of hydrogen-bond donors (Lipinski definition) is 1. The fourth-order valence-corrected chi connectivity index (χ4v) is 2.46. The van der Waals surface area contributed by atoms with Gasteiger partial charge < -0.3 is 14.7 Å². The van der Waals surface area contributed by atoms with E-state index in [1.165, 1.54) is 4.90 Å². The quantitative estimate of drug-likeness (QED) is 0.579. The van der Waals surface area contributed by atoms with Gasteiger partial charge in [-0.05, 0) is 33.6 Å². The molecule has 1 aliphatic rings. The maximum Gasteiger partial charge on any atom is 0.410 e. The number of aliphatic carboxylic acids is 1. The first kappa shape index (κ1) is 14.5. The largest absolute Gasteiger partial charge is 0.480 e. The molecule has 1 fully saturated rings. The fraction of sp³-hybridized carbons (Fsp3) is 0.818. The van der Waals surface area contributed by atoms with Crippen molar-refractivity contribution in [3.8, 4) is 0 Å². The molecule has 1 aliphatic heterocycles. The number of carbonyl (C=O) groups excluding carboxylic acids is 1. The Kier molecular flexibility index (Phi) is 4.27. The highest BCUT2D eigenvalue weighted by atomic mass is 127. The molecule has 1 heterocycles. The number of alkyl halides is 1. The molecular weight excluding hydrogens is 337 g/mol. The van der Waals surface area contributed by atoms with Crippen LogP contribution >= 0.6 is 22.6 Å². The van der Waals surface area contributed by atoms with Gasteiger partial charge in [0, 0.05) is 13.1 Å². The summed E-state index contributed by atoms with van der Waals surface area (Å²) in [4.78, 5) is 24.5. The van der Waals surface area contributed by atoms with Crippen LogP contribution in [0.4, 0.5) is 4.79 Å². The minimum Gasteiger partial charge on any atom is -0.480 e. The number of nitrogens with zero attached hydrogens (tertiary/aromatic N) is 1. The highest BCUT2D eigenvalue weighted by Gasteiger charge is 2.42. The van der Waals surface area contributed by atoms with Gasteiger partial charge in [-0.15, -0.1) is 0 Å². The van der Waals surface area contributed by atoms with Gasteiger partial charge in [0.15, 0.2) is 0 Å². The molecule has 0 aromatic rings. The van der Waals surface area contributed by atoms with Crippen molar-refractivity contribution < 1.29 is 19.4 Å². The third-order valence-corrected chi connectivity index (χ3v) is 3.82. The van der Waals surface area contributed by atoms with Gasteiger partial charge in [0.2, 0.25) is 0 Å². The first-order chi connectivity index (χ1) is 7.64. The maximum atomic E-state index is 11.8. The van der Waals surface area contributed by atoms with Crippen LogP contribution in [0.15, 0.2) is 0 Å². The molecule has 98 valence electrons. The Morgan fingerprint density at radius 3 is 2.47 bits per heavy atom. The molecule has 1 atom stereocenters. The van der Waals surface area contributed by atoms with Gasteiger partial charge >= 0.3 is 12.1 Å². The molecule has 0 aliphatic carbocycles. The van der Waals surface area contributed by atoms with E-state index in [9.17, 15) is 9.59 Å². The summed E-state index contributed by atoms with van der Waals surface area (Å²) in [6.45, 7) is 6.15. The van der Waals surface area contributed by atoms with Crippen molar-refractivity contribution >= 4 is 34.7 Å². The van der Waals surface area contributed by atoms with Crippen molar-refractivity contribution in [2.24, 2.45) is 0 Å². The van der Waals surface area contributed by atoms with E-state index in [2.05, 4.69) is 0 Å². The van der Waals surface area contributed by atoms with E-state index in [-0.39, 0.29) is 6.54 Å². The Hall–Kier alpha value is -0.530. The highest BCUT2D eigenvalue weighted by molar-refractivity contribution is 14.1. The lowest BCUT2D eigenvalue weighted by molar-refractivity contribution is -0.140. The summed E-state index contributed by atoms with van der Waals surface area (Å²) < 4.78 is 4.36. The van der Waals surface area contributed by atoms with Crippen LogP contribution in [0.25, 0.3) is 0 Å². The molecule has 6 heteroatoms. The first-order valence-electron chi connectivity index (χ1n) is 5.54. The second kappa shape index (κ2) is 4.99. The molecule has 0 bridgehead atoms. The van der Waals surface area contributed by atoms with Crippen molar-refractivity contribution in [1.82, 2.24) is 4.90 Å². The Morgan fingerprint density at radius 1 is 1.41 bits per heavy atom. The fourth-order valence-electron chi connectivity index (χ4n) is 1.67. The van der Waals surface area contributed by atoms with Crippen molar-refractivity contribution in [3.63, 3.8) is 0 Å². The van der Waals surface area contributed by atoms with Crippen molar-refractivity contribution in [2.75, 3.05) is 13.1 Å². The van der Waals surface area contributed by atoms with Crippen LogP contribution in [0.5, 0.6) is 0 Å². The zero-order valence-electron chi connectivity index (χ0n) is 10.3. The van der Waals surface area contributed by atoms with Gasteiger partial charge in [0.05, 0.1) is 0 Å². The van der Waals surface area contributed by atoms with Gasteiger partial charge in [-0.1, -0.05) is 22.6 Å². The molecular formula is C11H18INO4. The highest BCUT2D eigenvalue weighted by Crippen LogP contribution is 2.31. The normalized spacial score (nSPS) is 25.5. The summed E-state index contributed by atoms with van der Waals surface area (Å²) in [7, 11) is 0. The van der Waals surface area contributed by atoms with Crippen molar-refractivity contribution in [2.45, 2.75) is 42.6 Å². The molecule has 1 saturated heterocycles. The number of halogens is 1. The maximum absolute atomic E-state index is 11.8. The van der Waals surface area contributed by atoms with E-state index in [0.717, 1.165) is 0 Å². The third kappa shape index (κ3) is 4.01. The van der Waals surface area contributed by atoms with E-state index in [1.807, 2.05) is 22.6 Å². The van der Waals surface area contributed by atoms with Crippen molar-refractivity contribution in [3.05, 3.63) is 0 Å². The summed E-state index contributed by atoms with van der Waals surface area (Å²) >= 11 is 1.92. The Morgan fingerprint density at radius 2 is 2.00 bits per heavy atom. The van der Waals surface area contributed by atoms with Gasteiger partial charge in [0.25, 0.3) is 0 Å². The number of carboxylic acid groups (broad SMARTS) is 1. The molecule has 5 nitrogen and oxygen atoms in total. The number of carboxylic acids is 1. The summed E-state index contributed by atoms with van der Waals surface area (Å²) in [6, 6.07) is 0. The molecule has 1 unspecified atom stereocenters. The van der Waals surface area contributed by atoms with Crippen LogP contribution in [-0.4, -0.2) is 44.2 Å². The standard InChI is InChI=1S/C11H18INO4/c1-10(2,3)17-9(16)13-6-4-5-11(12,7-13)8(14)15/h4-7H2,1-3H3,(H,14,15). The minimum atomic E-state index is -0.882. The summed E-state index contributed by atoms with van der Waals surface area (Å²) in [5, 5.41) is 9.14. The van der Waals surface area contributed by atoms with E-state index < -0.39 is 21.1 Å². The summed E-state index contributed by atoms with van der Waals surface area (Å²) in [5.41, 5.74) is -0.550. The molecule has 0 saturated carbocycles. The predicted octanol–water partition coefficient (Wildman–Crippen LogP) is 2.28. The van der Waals surface area contributed by atoms with E-state index >= 15 is 0 Å². The monoisotopic (exact) mass is 355 g/mol. The molecule has 17 heavy (non-hydrogen) atoms. The second-order valence-corrected chi connectivity index (χ2v) is 7.34. The van der Waals surface area contributed by atoms with E-state index in [4.69, 9.17) is 9.84 Å². The van der Waals surface area contributed by atoms with Gasteiger partial charge in [-0.3, -0.25) is 4.79 Å². The molecule has 0 aromatic heterocycles. The van der Waals surface area contributed by atoms with Gasteiger partial charge in [-0.25, -0.2) is 4.79 Å². The van der Waals surface area contributed by atoms with Crippen LogP contribution in [0.3, 0.4) is 0 Å².